The number of nitrogens with zero attached hydrogens (tertiary/aromatic N) is 20. The van der Waals surface area contributed by atoms with E-state index in [1.807, 2.05) is 104 Å². The minimum absolute atomic E-state index is 0.455. The van der Waals surface area contributed by atoms with Crippen LogP contribution in [0.4, 0.5) is 0 Å². The topological polar surface area (TPSA) is 257 Å². The standard InChI is InChI=1S/C10H16N2.2C10H18N2.4C9H16N2.C8H13ClN2.4C8H14N2/c1-6(2)9-7(3)11-12-10(9)8-4-5-8;1-6-9-10(7(2)3)8(4)11-12(9)5;1-6-12-9(5)10(7(2)3)8(4)11-12;3*1-6(2)9-7(3)10-11(5)8(9)4;1-5-8-9(6(2)3)7(4)10-11-8;1-5(2)7-6(3)10-11(4)8(7)9;1-6(2)8-5-10(4)9-7(8)3;1-6(2)8-7(3)5-9-10(8)4;2*1-5(2)8-6(3)9-10-7(8)4/h6,8H,4-5H2,1-3H3,(H,11,12);2*7H,6H2,1-5H3;3*6H,1-5H3;6H,5H2,1-4H3,(H,10,11);5H,1-4H3;2*5-6H,1-4H3;2*5H,1-4H3,(H,9,10). The van der Waals surface area contributed by atoms with Crippen molar-refractivity contribution in [2.24, 2.45) is 49.3 Å². The van der Waals surface area contributed by atoms with Crippen LogP contribution in [-0.2, 0) is 68.7 Å². The van der Waals surface area contributed by atoms with Crippen molar-refractivity contribution in [1.29, 1.82) is 0 Å². The van der Waals surface area contributed by atoms with Gasteiger partial charge in [-0.1, -0.05) is 192 Å². The molecule has 0 unspecified atom stereocenters. The first-order chi connectivity index (χ1) is 60.6. The predicted molar refractivity (Wildman–Crippen MR) is 555 cm³/mol. The van der Waals surface area contributed by atoms with Crippen molar-refractivity contribution in [3.8, 4) is 0 Å². The second kappa shape index (κ2) is 54.2. The number of aromatic nitrogens is 24. The molecule has 0 spiro atoms. The van der Waals surface area contributed by atoms with E-state index in [1.54, 1.807) is 4.68 Å². The van der Waals surface area contributed by atoms with E-state index >= 15 is 0 Å². The average Bonchev–Trinajstić information content (AvgIpc) is 1.65. The lowest BCUT2D eigenvalue weighted by Gasteiger charge is -2.06. The normalized spacial score (nSPS) is 11.6. The summed E-state index contributed by atoms with van der Waals surface area (Å²) in [5, 5.41) is 64.2. The lowest BCUT2D eigenvalue weighted by Crippen LogP contribution is -2.00. The van der Waals surface area contributed by atoms with Crippen molar-refractivity contribution in [3.05, 3.63) is 204 Å². The highest BCUT2D eigenvalue weighted by Crippen LogP contribution is 2.43. The maximum absolute atomic E-state index is 6.01. The molecule has 0 saturated heterocycles. The second-order valence-electron chi connectivity index (χ2n) is 39.6. The monoisotopic (exact) mass is 1830 g/mol. The zero-order chi connectivity index (χ0) is 101. The van der Waals surface area contributed by atoms with Crippen LogP contribution in [0.1, 0.15) is 463 Å². The highest BCUT2D eigenvalue weighted by atomic mass is 35.5. The molecule has 1 aliphatic rings. The first-order valence-corrected chi connectivity index (χ1v) is 48.9. The smallest absolute Gasteiger partial charge is 0.130 e. The summed E-state index contributed by atoms with van der Waals surface area (Å²) in [6.07, 6.45) is 8.77. The number of rotatable bonds is 16. The molecule has 1 fully saturated rings. The van der Waals surface area contributed by atoms with Gasteiger partial charge in [-0.05, 0) is 289 Å². The fraction of sp³-hybridized carbons (Fsp3) is 0.660. The SMILES string of the molecule is CCc1c(C(C)C)c(C)nn1C.CCc1n[nH]c(C)c1C(C)C.CCn1nc(C)c(C(C)C)c1C.Cc1[nH]nc(C2CC2)c1C(C)C.Cc1cnn(C)c1C(C)C.Cc1n[nH]c(C)c1C(C)C.Cc1n[nH]c(C)c1C(C)C.Cc1nn(C)c(C)c1C(C)C.Cc1nn(C)c(C)c1C(C)C.Cc1nn(C)c(C)c1C(C)C.Cc1nn(C)c(Cl)c1C(C)C.Cc1nn(C)cc1C(C)C. The lowest BCUT2D eigenvalue weighted by molar-refractivity contribution is 0.632. The van der Waals surface area contributed by atoms with Crippen molar-refractivity contribution in [3.63, 3.8) is 0 Å². The van der Waals surface area contributed by atoms with Gasteiger partial charge in [0.25, 0.3) is 0 Å². The van der Waals surface area contributed by atoms with Crippen LogP contribution in [0.15, 0.2) is 12.4 Å². The highest BCUT2D eigenvalue weighted by molar-refractivity contribution is 6.30. The maximum atomic E-state index is 6.01. The lowest BCUT2D eigenvalue weighted by atomic mass is 9.99. The molecule has 0 radical (unpaired) electrons. The quantitative estimate of drug-likeness (QED) is 0.0704. The summed E-state index contributed by atoms with van der Waals surface area (Å²) >= 11 is 6.01. The van der Waals surface area contributed by atoms with Crippen molar-refractivity contribution in [1.82, 2.24) is 119 Å². The molecule has 24 nitrogen and oxygen atoms in total. The highest BCUT2D eigenvalue weighted by Gasteiger charge is 2.30. The van der Waals surface area contributed by atoms with Gasteiger partial charge in [0.15, 0.2) is 0 Å². The van der Waals surface area contributed by atoms with E-state index in [0.717, 1.165) is 58.8 Å². The number of halogens is 1. The summed E-state index contributed by atoms with van der Waals surface area (Å²) < 4.78 is 15.5. The van der Waals surface area contributed by atoms with Crippen molar-refractivity contribution in [2.45, 2.75) is 421 Å². The summed E-state index contributed by atoms with van der Waals surface area (Å²) in [5.41, 5.74) is 42.1. The van der Waals surface area contributed by atoms with Gasteiger partial charge in [-0.2, -0.15) is 61.2 Å². The molecule has 1 saturated carbocycles. The number of aromatic amines is 4. The van der Waals surface area contributed by atoms with Gasteiger partial charge in [0.2, 0.25) is 0 Å². The first kappa shape index (κ1) is 118. The van der Waals surface area contributed by atoms with Gasteiger partial charge in [0.1, 0.15) is 5.15 Å². The van der Waals surface area contributed by atoms with Gasteiger partial charge in [0, 0.05) is 130 Å². The van der Waals surface area contributed by atoms with Gasteiger partial charge in [-0.25, -0.2) is 0 Å². The van der Waals surface area contributed by atoms with Crippen LogP contribution in [0.3, 0.4) is 0 Å². The van der Waals surface area contributed by atoms with Crippen LogP contribution in [0.5, 0.6) is 0 Å². The molecule has 736 valence electrons. The van der Waals surface area contributed by atoms with Crippen LogP contribution in [0.25, 0.3) is 0 Å². The van der Waals surface area contributed by atoms with E-state index in [4.69, 9.17) is 11.6 Å². The third kappa shape index (κ3) is 33.7. The molecule has 12 aromatic rings. The van der Waals surface area contributed by atoms with Crippen LogP contribution in [-0.4, -0.2) is 119 Å². The molecule has 131 heavy (non-hydrogen) atoms. The molecule has 0 aromatic carbocycles. The van der Waals surface area contributed by atoms with Gasteiger partial charge < -0.3 is 0 Å². The molecular formula is C106H185ClN24. The summed E-state index contributed by atoms with van der Waals surface area (Å²) in [4.78, 5) is 0. The van der Waals surface area contributed by atoms with Crippen molar-refractivity contribution >= 4 is 11.6 Å². The Labute approximate surface area is 799 Å². The van der Waals surface area contributed by atoms with E-state index < -0.39 is 0 Å². The van der Waals surface area contributed by atoms with E-state index in [2.05, 4.69) is 383 Å². The molecule has 13 rings (SSSR count). The molecule has 12 aromatic heterocycles. The average molecular weight is 1830 g/mol. The van der Waals surface area contributed by atoms with Gasteiger partial charge in [-0.3, -0.25) is 57.8 Å². The predicted octanol–water partition coefficient (Wildman–Crippen LogP) is 27.2. The summed E-state index contributed by atoms with van der Waals surface area (Å²) in [6.45, 7) is 97.6. The first-order valence-electron chi connectivity index (χ1n) is 48.5. The Kier molecular flexibility index (Phi) is 48.8. The Balaban J connectivity index is 0.000000484. The van der Waals surface area contributed by atoms with Gasteiger partial charge in [-0.15, -0.1) is 0 Å². The molecule has 4 N–H and O–H groups in total. The van der Waals surface area contributed by atoms with E-state index in [-0.39, 0.29) is 0 Å². The molecule has 1 aliphatic carbocycles. The van der Waals surface area contributed by atoms with Crippen molar-refractivity contribution in [2.75, 3.05) is 0 Å². The number of hydrogen-bond acceptors (Lipinski definition) is 12. The minimum atomic E-state index is 0.455. The minimum Gasteiger partial charge on any atom is -0.282 e. The molecule has 25 heteroatoms. The van der Waals surface area contributed by atoms with Gasteiger partial charge in [0.05, 0.1) is 68.8 Å². The fourth-order valence-corrected chi connectivity index (χ4v) is 19.1. The number of nitrogens with one attached hydrogen (secondary N) is 4. The molecule has 12 heterocycles. The number of H-pyrrole nitrogens is 4. The summed E-state index contributed by atoms with van der Waals surface area (Å²) in [6, 6.07) is 0. The van der Waals surface area contributed by atoms with E-state index in [1.165, 1.54) is 171 Å². The van der Waals surface area contributed by atoms with Crippen LogP contribution >= 0.6 is 11.6 Å². The van der Waals surface area contributed by atoms with E-state index in [9.17, 15) is 0 Å². The Morgan fingerprint density at radius 3 is 0.847 bits per heavy atom. The third-order valence-electron chi connectivity index (χ3n) is 24.3. The van der Waals surface area contributed by atoms with Crippen LogP contribution in [0.2, 0.25) is 5.15 Å². The number of hydrogen-bond donors (Lipinski definition) is 4. The molecule has 0 amide bonds. The largest absolute Gasteiger partial charge is 0.282 e. The molecular weight excluding hydrogens is 1640 g/mol. The summed E-state index contributed by atoms with van der Waals surface area (Å²) in [7, 11) is 13.8. The van der Waals surface area contributed by atoms with Gasteiger partial charge >= 0.3 is 0 Å². The maximum Gasteiger partial charge on any atom is 0.130 e. The Hall–Kier alpha value is -9.19. The van der Waals surface area contributed by atoms with E-state index in [0.29, 0.717) is 71.0 Å². The van der Waals surface area contributed by atoms with Crippen LogP contribution in [0, 0.1) is 125 Å². The Bertz CT molecular complexity index is 4940. The second-order valence-corrected chi connectivity index (χ2v) is 39.9. The number of aryl methyl sites for hydroxylation is 23. The fourth-order valence-electron chi connectivity index (χ4n) is 18.7. The summed E-state index contributed by atoms with van der Waals surface area (Å²) in [5.74, 6) is 7.69. The zero-order valence-corrected chi connectivity index (χ0v) is 93.3. The Morgan fingerprint density at radius 2 is 0.641 bits per heavy atom. The molecule has 0 atom stereocenters. The molecule has 0 aliphatic heterocycles. The van der Waals surface area contributed by atoms with Crippen molar-refractivity contribution < 1.29 is 0 Å². The Morgan fingerprint density at radius 1 is 0.313 bits per heavy atom. The zero-order valence-electron chi connectivity index (χ0n) is 92.5. The van der Waals surface area contributed by atoms with Crippen LogP contribution < -0.4 is 0 Å². The third-order valence-corrected chi connectivity index (χ3v) is 24.7. The molecule has 0 bridgehead atoms.